The largest absolute Gasteiger partial charge is 0.357 e. The van der Waals surface area contributed by atoms with Gasteiger partial charge >= 0.3 is 0 Å². The van der Waals surface area contributed by atoms with Crippen LogP contribution in [0, 0.1) is 22.7 Å². The lowest BCUT2D eigenvalue weighted by Gasteiger charge is -2.31. The number of H-pyrrole nitrogens is 2. The molecule has 168 valence electrons. The molecule has 0 aliphatic heterocycles. The zero-order valence-corrected chi connectivity index (χ0v) is 19.3. The van der Waals surface area contributed by atoms with E-state index in [0.29, 0.717) is 11.1 Å². The molecule has 0 bridgehead atoms. The van der Waals surface area contributed by atoms with Gasteiger partial charge in [-0.3, -0.25) is 0 Å². The van der Waals surface area contributed by atoms with Gasteiger partial charge in [0.15, 0.2) is 0 Å². The second-order valence-electron chi connectivity index (χ2n) is 9.34. The van der Waals surface area contributed by atoms with Gasteiger partial charge in [-0.05, 0) is 58.7 Å². The van der Waals surface area contributed by atoms with Crippen LogP contribution in [0.15, 0.2) is 97.1 Å². The van der Waals surface area contributed by atoms with Crippen LogP contribution in [0.5, 0.6) is 0 Å². The van der Waals surface area contributed by atoms with Crippen LogP contribution in [-0.2, 0) is 0 Å². The van der Waals surface area contributed by atoms with E-state index in [0.717, 1.165) is 33.5 Å². The lowest BCUT2D eigenvalue weighted by Crippen LogP contribution is -2.19. The lowest BCUT2D eigenvalue weighted by molar-refractivity contribution is 0.801. The fourth-order valence-corrected chi connectivity index (χ4v) is 5.98. The van der Waals surface area contributed by atoms with E-state index in [9.17, 15) is 10.5 Å². The highest BCUT2D eigenvalue weighted by molar-refractivity contribution is 5.93. The first-order chi connectivity index (χ1) is 17.8. The number of aromatic amines is 2. The van der Waals surface area contributed by atoms with E-state index >= 15 is 0 Å². The molecule has 4 heteroatoms. The summed E-state index contributed by atoms with van der Waals surface area (Å²) in [5.41, 5.74) is 10.3. The summed E-state index contributed by atoms with van der Waals surface area (Å²) >= 11 is 0. The summed E-state index contributed by atoms with van der Waals surface area (Å²) < 4.78 is 0. The second-order valence-corrected chi connectivity index (χ2v) is 9.34. The summed E-state index contributed by atoms with van der Waals surface area (Å²) in [7, 11) is 0. The van der Waals surface area contributed by atoms with E-state index < -0.39 is 0 Å². The molecular formula is C32H20N4. The number of benzene rings is 4. The number of hydrogen-bond donors (Lipinski definition) is 2. The highest BCUT2D eigenvalue weighted by Crippen LogP contribution is 2.52. The molecule has 2 heterocycles. The molecule has 36 heavy (non-hydrogen) atoms. The van der Waals surface area contributed by atoms with Crippen molar-refractivity contribution in [1.29, 1.82) is 10.5 Å². The van der Waals surface area contributed by atoms with Crippen molar-refractivity contribution >= 4 is 21.8 Å². The molecule has 0 amide bonds. The Morgan fingerprint density at radius 2 is 0.972 bits per heavy atom. The number of aromatic nitrogens is 2. The van der Waals surface area contributed by atoms with Crippen LogP contribution in [0.3, 0.4) is 0 Å². The Morgan fingerprint density at radius 1 is 0.528 bits per heavy atom. The van der Waals surface area contributed by atoms with Crippen LogP contribution < -0.4 is 0 Å². The second kappa shape index (κ2) is 7.73. The Hall–Kier alpha value is -5.06. The third-order valence-corrected chi connectivity index (χ3v) is 7.41. The predicted octanol–water partition coefficient (Wildman–Crippen LogP) is 7.07. The molecule has 1 aliphatic carbocycles. The van der Waals surface area contributed by atoms with Crippen LogP contribution in [0.25, 0.3) is 21.8 Å². The highest BCUT2D eigenvalue weighted by Gasteiger charge is 2.39. The van der Waals surface area contributed by atoms with Gasteiger partial charge in [0, 0.05) is 33.2 Å². The maximum Gasteiger partial charge on any atom is 0.0991 e. The van der Waals surface area contributed by atoms with Crippen molar-refractivity contribution in [3.8, 4) is 12.1 Å². The number of fused-ring (bicyclic) bond motifs is 6. The molecule has 0 saturated heterocycles. The number of nitrogens with zero attached hydrogens (tertiary/aromatic N) is 2. The topological polar surface area (TPSA) is 79.2 Å². The number of nitriles is 2. The van der Waals surface area contributed by atoms with Crippen LogP contribution in [0.1, 0.15) is 56.6 Å². The zero-order valence-electron chi connectivity index (χ0n) is 19.3. The van der Waals surface area contributed by atoms with Gasteiger partial charge in [0.2, 0.25) is 0 Å². The molecule has 0 saturated carbocycles. The first-order valence-corrected chi connectivity index (χ1v) is 12.0. The number of rotatable bonds is 2. The van der Waals surface area contributed by atoms with E-state index in [4.69, 9.17) is 0 Å². The maximum absolute atomic E-state index is 9.65. The molecule has 2 aromatic heterocycles. The third-order valence-electron chi connectivity index (χ3n) is 7.41. The van der Waals surface area contributed by atoms with E-state index in [2.05, 4.69) is 82.8 Å². The smallest absolute Gasteiger partial charge is 0.0991 e. The molecule has 4 aromatic carbocycles. The third kappa shape index (κ3) is 2.86. The van der Waals surface area contributed by atoms with Crippen molar-refractivity contribution in [1.82, 2.24) is 9.97 Å². The molecule has 6 aromatic rings. The van der Waals surface area contributed by atoms with Crippen molar-refractivity contribution < 1.29 is 0 Å². The molecule has 1 aliphatic rings. The van der Waals surface area contributed by atoms with E-state index in [1.807, 2.05) is 36.4 Å². The molecule has 0 fully saturated rings. The summed E-state index contributed by atoms with van der Waals surface area (Å²) in [6.45, 7) is 0. The number of para-hydroxylation sites is 2. The monoisotopic (exact) mass is 460 g/mol. The SMILES string of the molecule is N#Cc1cccc(C2c3[nH]c4ccccc4c3C(c3cccc(C#N)c3)c3[nH]c4ccccc4c32)c1. The summed E-state index contributed by atoms with van der Waals surface area (Å²) in [5, 5.41) is 21.6. The minimum Gasteiger partial charge on any atom is -0.357 e. The minimum absolute atomic E-state index is 0.0674. The standard InChI is InChI=1S/C32H20N4/c33-17-19-7-5-9-21(15-19)27-29-23-11-1-3-13-25(23)35-31(29)28(22-10-6-8-20(16-22)18-34)30-24-12-2-4-14-26(24)36-32(27)30/h1-16,27-28,35-36H. The average molecular weight is 461 g/mol. The molecule has 0 radical (unpaired) electrons. The van der Waals surface area contributed by atoms with Gasteiger partial charge in [0.05, 0.1) is 35.1 Å². The summed E-state index contributed by atoms with van der Waals surface area (Å²) in [4.78, 5) is 7.53. The van der Waals surface area contributed by atoms with Gasteiger partial charge in [-0.15, -0.1) is 0 Å². The van der Waals surface area contributed by atoms with Crippen LogP contribution >= 0.6 is 0 Å². The Morgan fingerprint density at radius 3 is 1.42 bits per heavy atom. The van der Waals surface area contributed by atoms with Crippen molar-refractivity contribution in [3.63, 3.8) is 0 Å². The van der Waals surface area contributed by atoms with Gasteiger partial charge in [-0.1, -0.05) is 60.7 Å². The Labute approximate surface area is 208 Å². The quantitative estimate of drug-likeness (QED) is 0.289. The van der Waals surface area contributed by atoms with Crippen molar-refractivity contribution in [2.45, 2.75) is 11.8 Å². The van der Waals surface area contributed by atoms with Gasteiger partial charge in [0.1, 0.15) is 0 Å². The first kappa shape index (κ1) is 20.3. The van der Waals surface area contributed by atoms with E-state index in [1.54, 1.807) is 0 Å². The average Bonchev–Trinajstić information content (AvgIpc) is 3.50. The molecule has 0 spiro atoms. The summed E-state index contributed by atoms with van der Waals surface area (Å²) in [6.07, 6.45) is 0. The summed E-state index contributed by atoms with van der Waals surface area (Å²) in [6, 6.07) is 37.3. The van der Waals surface area contributed by atoms with E-state index in [1.165, 1.54) is 21.9 Å². The number of hydrogen-bond acceptors (Lipinski definition) is 2. The molecular weight excluding hydrogens is 440 g/mol. The first-order valence-electron chi connectivity index (χ1n) is 12.0. The normalized spacial score (nSPS) is 16.3. The maximum atomic E-state index is 9.65. The lowest BCUT2D eigenvalue weighted by atomic mass is 9.72. The molecule has 4 nitrogen and oxygen atoms in total. The van der Waals surface area contributed by atoms with Crippen LogP contribution in [0.4, 0.5) is 0 Å². The highest BCUT2D eigenvalue weighted by atomic mass is 14.8. The van der Waals surface area contributed by atoms with Crippen LogP contribution in [-0.4, -0.2) is 9.97 Å². The minimum atomic E-state index is -0.0674. The Balaban J connectivity index is 1.63. The van der Waals surface area contributed by atoms with E-state index in [-0.39, 0.29) is 11.8 Å². The van der Waals surface area contributed by atoms with Gasteiger partial charge in [-0.25, -0.2) is 0 Å². The van der Waals surface area contributed by atoms with Crippen molar-refractivity contribution in [3.05, 3.63) is 142 Å². The molecule has 2 N–H and O–H groups in total. The van der Waals surface area contributed by atoms with Crippen LogP contribution in [0.2, 0.25) is 0 Å². The Bertz CT molecular complexity index is 1750. The van der Waals surface area contributed by atoms with Gasteiger partial charge in [-0.2, -0.15) is 10.5 Å². The molecule has 2 atom stereocenters. The van der Waals surface area contributed by atoms with Crippen molar-refractivity contribution in [2.75, 3.05) is 0 Å². The fraction of sp³-hybridized carbons (Fsp3) is 0.0625. The van der Waals surface area contributed by atoms with Gasteiger partial charge in [0.25, 0.3) is 0 Å². The summed E-state index contributed by atoms with van der Waals surface area (Å²) in [5.74, 6) is -0.135. The Kier molecular flexibility index (Phi) is 4.37. The predicted molar refractivity (Wildman–Crippen MR) is 141 cm³/mol. The fourth-order valence-electron chi connectivity index (χ4n) is 5.98. The molecule has 2 unspecified atom stereocenters. The zero-order chi connectivity index (χ0) is 24.2. The van der Waals surface area contributed by atoms with Gasteiger partial charge < -0.3 is 9.97 Å². The molecule has 7 rings (SSSR count). The number of nitrogens with one attached hydrogen (secondary N) is 2. The van der Waals surface area contributed by atoms with Crippen molar-refractivity contribution in [2.24, 2.45) is 0 Å².